The summed E-state index contributed by atoms with van der Waals surface area (Å²) in [4.78, 5) is 16.8. The molecule has 0 aliphatic carbocycles. The molecule has 7 nitrogen and oxygen atoms in total. The van der Waals surface area contributed by atoms with Crippen LogP contribution in [0.1, 0.15) is 22.5 Å². The van der Waals surface area contributed by atoms with Crippen LogP contribution in [0.3, 0.4) is 0 Å². The molecule has 0 atom stereocenters. The van der Waals surface area contributed by atoms with E-state index in [1.165, 1.54) is 0 Å². The molecule has 0 fully saturated rings. The van der Waals surface area contributed by atoms with Gasteiger partial charge in [0, 0.05) is 10.9 Å². The first-order valence-electron chi connectivity index (χ1n) is 8.73. The predicted molar refractivity (Wildman–Crippen MR) is 111 cm³/mol. The van der Waals surface area contributed by atoms with Crippen molar-refractivity contribution < 1.29 is 4.42 Å². The van der Waals surface area contributed by atoms with E-state index < -0.39 is 5.56 Å². The SMILES string of the molecule is Cc1ccc2oc(C(=Nc3ccccc3)c3c(N)n[nH]c(=O)c3N)c(C)c2c1. The lowest BCUT2D eigenvalue weighted by molar-refractivity contribution is 0.602. The summed E-state index contributed by atoms with van der Waals surface area (Å²) in [5, 5.41) is 7.11. The number of furan rings is 1. The fourth-order valence-electron chi connectivity index (χ4n) is 3.14. The highest BCUT2D eigenvalue weighted by Gasteiger charge is 2.24. The van der Waals surface area contributed by atoms with Crippen LogP contribution in [-0.4, -0.2) is 15.9 Å². The Morgan fingerprint density at radius 1 is 1.11 bits per heavy atom. The molecule has 0 saturated heterocycles. The molecule has 140 valence electrons. The van der Waals surface area contributed by atoms with Crippen LogP contribution in [0.25, 0.3) is 11.0 Å². The number of aryl methyl sites for hydroxylation is 2. The number of aliphatic imine (C=N–C) groups is 1. The van der Waals surface area contributed by atoms with Crippen LogP contribution >= 0.6 is 0 Å². The molecular weight excluding hydrogens is 354 g/mol. The zero-order valence-corrected chi connectivity index (χ0v) is 15.5. The minimum absolute atomic E-state index is 0.0572. The van der Waals surface area contributed by atoms with Gasteiger partial charge in [0.25, 0.3) is 5.56 Å². The first kappa shape index (κ1) is 17.5. The number of nitrogens with one attached hydrogen (secondary N) is 1. The highest BCUT2D eigenvalue weighted by atomic mass is 16.3. The van der Waals surface area contributed by atoms with Crippen LogP contribution in [0.15, 0.2) is 62.7 Å². The number of nitrogens with two attached hydrogens (primary N) is 2. The molecular formula is C21H19N5O2. The van der Waals surface area contributed by atoms with Crippen LogP contribution in [0.2, 0.25) is 0 Å². The number of H-pyrrole nitrogens is 1. The van der Waals surface area contributed by atoms with Gasteiger partial charge < -0.3 is 15.9 Å². The summed E-state index contributed by atoms with van der Waals surface area (Å²) in [5.74, 6) is 0.568. The number of rotatable bonds is 3. The molecule has 5 N–H and O–H groups in total. The van der Waals surface area contributed by atoms with E-state index in [0.717, 1.165) is 16.5 Å². The molecule has 0 spiro atoms. The zero-order valence-electron chi connectivity index (χ0n) is 15.5. The van der Waals surface area contributed by atoms with Gasteiger partial charge in [-0.15, -0.1) is 0 Å². The lowest BCUT2D eigenvalue weighted by atomic mass is 10.0. The fraction of sp³-hybridized carbons (Fsp3) is 0.0952. The van der Waals surface area contributed by atoms with Crippen molar-refractivity contribution in [1.82, 2.24) is 10.2 Å². The molecule has 0 saturated carbocycles. The molecule has 2 aromatic carbocycles. The number of hydrogen-bond acceptors (Lipinski definition) is 6. The number of para-hydroxylation sites is 1. The molecule has 7 heteroatoms. The highest BCUT2D eigenvalue weighted by molar-refractivity contribution is 6.19. The smallest absolute Gasteiger partial charge is 0.288 e. The molecule has 0 radical (unpaired) electrons. The molecule has 2 aromatic heterocycles. The van der Waals surface area contributed by atoms with Crippen LogP contribution in [-0.2, 0) is 0 Å². The van der Waals surface area contributed by atoms with Crippen molar-refractivity contribution in [2.45, 2.75) is 13.8 Å². The molecule has 0 amide bonds. The second-order valence-corrected chi connectivity index (χ2v) is 6.58. The second kappa shape index (κ2) is 6.70. The fourth-order valence-corrected chi connectivity index (χ4v) is 3.14. The summed E-state index contributed by atoms with van der Waals surface area (Å²) in [6.07, 6.45) is 0. The molecule has 4 rings (SSSR count). The second-order valence-electron chi connectivity index (χ2n) is 6.58. The van der Waals surface area contributed by atoms with Gasteiger partial charge in [-0.2, -0.15) is 5.10 Å². The Labute approximate surface area is 160 Å². The Kier molecular flexibility index (Phi) is 4.19. The lowest BCUT2D eigenvalue weighted by Gasteiger charge is -2.10. The van der Waals surface area contributed by atoms with Crippen molar-refractivity contribution in [2.75, 3.05) is 11.5 Å². The maximum atomic E-state index is 12.1. The third-order valence-corrected chi connectivity index (χ3v) is 4.59. The Hall–Kier alpha value is -3.87. The van der Waals surface area contributed by atoms with Gasteiger partial charge in [-0.25, -0.2) is 10.1 Å². The van der Waals surface area contributed by atoms with Crippen LogP contribution in [0, 0.1) is 13.8 Å². The Bertz CT molecular complexity index is 1270. The van der Waals surface area contributed by atoms with Crippen molar-refractivity contribution in [1.29, 1.82) is 0 Å². The van der Waals surface area contributed by atoms with Crippen LogP contribution < -0.4 is 17.0 Å². The monoisotopic (exact) mass is 373 g/mol. The Balaban J connectivity index is 2.06. The van der Waals surface area contributed by atoms with Crippen molar-refractivity contribution in [2.24, 2.45) is 4.99 Å². The van der Waals surface area contributed by atoms with Gasteiger partial charge in [-0.1, -0.05) is 29.8 Å². The largest absolute Gasteiger partial charge is 0.454 e. The van der Waals surface area contributed by atoms with Gasteiger partial charge in [0.2, 0.25) is 0 Å². The number of nitrogens with zero attached hydrogens (tertiary/aromatic N) is 2. The molecule has 0 unspecified atom stereocenters. The minimum atomic E-state index is -0.533. The van der Waals surface area contributed by atoms with E-state index in [-0.39, 0.29) is 17.1 Å². The summed E-state index contributed by atoms with van der Waals surface area (Å²) in [6, 6.07) is 15.2. The normalized spacial score (nSPS) is 11.9. The number of nitrogen functional groups attached to an aromatic ring is 2. The van der Waals surface area contributed by atoms with Gasteiger partial charge in [-0.3, -0.25) is 4.79 Å². The van der Waals surface area contributed by atoms with E-state index in [0.29, 0.717) is 22.7 Å². The maximum absolute atomic E-state index is 12.1. The van der Waals surface area contributed by atoms with Gasteiger partial charge in [0.15, 0.2) is 11.6 Å². The van der Waals surface area contributed by atoms with E-state index in [1.807, 2.05) is 62.4 Å². The van der Waals surface area contributed by atoms with Gasteiger partial charge >= 0.3 is 0 Å². The Morgan fingerprint density at radius 3 is 2.61 bits per heavy atom. The third kappa shape index (κ3) is 2.92. The summed E-state index contributed by atoms with van der Waals surface area (Å²) >= 11 is 0. The lowest BCUT2D eigenvalue weighted by Crippen LogP contribution is -2.22. The van der Waals surface area contributed by atoms with Crippen molar-refractivity contribution in [3.63, 3.8) is 0 Å². The number of hydrogen-bond donors (Lipinski definition) is 3. The summed E-state index contributed by atoms with van der Waals surface area (Å²) in [7, 11) is 0. The quantitative estimate of drug-likeness (QED) is 0.474. The van der Waals surface area contributed by atoms with E-state index >= 15 is 0 Å². The standard InChI is InChI=1S/C21H19N5O2/c1-11-8-9-15-14(10-11)12(2)19(28-15)18(24-13-6-4-3-5-7-13)16-17(22)21(27)26-25-20(16)23/h3-10H,1-2H3,(H,26,27)(H4,22,23,25). The minimum Gasteiger partial charge on any atom is -0.454 e. The highest BCUT2D eigenvalue weighted by Crippen LogP contribution is 2.31. The summed E-state index contributed by atoms with van der Waals surface area (Å²) in [6.45, 7) is 3.95. The topological polar surface area (TPSA) is 123 Å². The molecule has 0 bridgehead atoms. The maximum Gasteiger partial charge on any atom is 0.288 e. The third-order valence-electron chi connectivity index (χ3n) is 4.59. The molecule has 0 aliphatic rings. The van der Waals surface area contributed by atoms with Crippen molar-refractivity contribution in [3.8, 4) is 0 Å². The zero-order chi connectivity index (χ0) is 19.8. The number of fused-ring (bicyclic) bond motifs is 1. The van der Waals surface area contributed by atoms with Crippen molar-refractivity contribution in [3.05, 3.63) is 81.3 Å². The van der Waals surface area contributed by atoms with Gasteiger partial charge in [0.1, 0.15) is 17.0 Å². The van der Waals surface area contributed by atoms with Gasteiger partial charge in [-0.05, 0) is 38.1 Å². The van der Waals surface area contributed by atoms with E-state index in [1.54, 1.807) is 0 Å². The molecule has 4 aromatic rings. The number of benzene rings is 2. The summed E-state index contributed by atoms with van der Waals surface area (Å²) < 4.78 is 6.11. The average Bonchev–Trinajstić information content (AvgIpc) is 3.01. The average molecular weight is 373 g/mol. The van der Waals surface area contributed by atoms with E-state index in [2.05, 4.69) is 10.2 Å². The number of aromatic nitrogens is 2. The van der Waals surface area contributed by atoms with E-state index in [9.17, 15) is 4.79 Å². The van der Waals surface area contributed by atoms with Gasteiger partial charge in [0.05, 0.1) is 11.3 Å². The van der Waals surface area contributed by atoms with E-state index in [4.69, 9.17) is 20.9 Å². The summed E-state index contributed by atoms with van der Waals surface area (Å²) in [5.41, 5.74) is 15.5. The van der Waals surface area contributed by atoms with Crippen LogP contribution in [0.4, 0.5) is 17.2 Å². The number of aromatic amines is 1. The first-order chi connectivity index (χ1) is 13.5. The number of anilines is 2. The van der Waals surface area contributed by atoms with Crippen molar-refractivity contribution >= 4 is 33.9 Å². The molecule has 28 heavy (non-hydrogen) atoms. The van der Waals surface area contributed by atoms with Crippen LogP contribution in [0.5, 0.6) is 0 Å². The predicted octanol–water partition coefficient (Wildman–Crippen LogP) is 3.47. The molecule has 0 aliphatic heterocycles. The Morgan fingerprint density at radius 2 is 1.86 bits per heavy atom. The molecule has 2 heterocycles. The first-order valence-corrected chi connectivity index (χ1v) is 8.73.